The monoisotopic (exact) mass is 358 g/mol. The molecule has 0 radical (unpaired) electrons. The van der Waals surface area contributed by atoms with Crippen LogP contribution in [-0.4, -0.2) is 54.9 Å². The third kappa shape index (κ3) is 5.35. The number of hydrogen-bond acceptors (Lipinski definition) is 3. The van der Waals surface area contributed by atoms with E-state index in [1.165, 1.54) is 0 Å². The highest BCUT2D eigenvalue weighted by atomic mass is 16.5. The molecule has 0 saturated carbocycles. The lowest BCUT2D eigenvalue weighted by Gasteiger charge is -2.34. The van der Waals surface area contributed by atoms with Crippen molar-refractivity contribution in [2.24, 2.45) is 5.92 Å². The fourth-order valence-electron chi connectivity index (χ4n) is 3.32. The minimum atomic E-state index is -0.108. The van der Waals surface area contributed by atoms with E-state index in [1.807, 2.05) is 47.9 Å². The van der Waals surface area contributed by atoms with Crippen LogP contribution in [-0.2, 0) is 16.0 Å². The van der Waals surface area contributed by atoms with Crippen molar-refractivity contribution in [1.82, 2.24) is 9.80 Å². The molecular formula is C21H30N2O3. The van der Waals surface area contributed by atoms with Crippen molar-refractivity contribution in [3.63, 3.8) is 0 Å². The van der Waals surface area contributed by atoms with Gasteiger partial charge in [0.2, 0.25) is 11.8 Å². The van der Waals surface area contributed by atoms with Crippen LogP contribution >= 0.6 is 0 Å². The summed E-state index contributed by atoms with van der Waals surface area (Å²) in [6.45, 7) is 10.2. The lowest BCUT2D eigenvalue weighted by molar-refractivity contribution is -0.142. The summed E-state index contributed by atoms with van der Waals surface area (Å²) in [5.74, 6) is 0.997. The van der Waals surface area contributed by atoms with E-state index in [0.717, 1.165) is 23.3 Å². The molecule has 5 nitrogen and oxygen atoms in total. The number of likely N-dealkylation sites (N-methyl/N-ethyl adjacent to an activating group) is 1. The van der Waals surface area contributed by atoms with Crippen LogP contribution < -0.4 is 4.74 Å². The van der Waals surface area contributed by atoms with Gasteiger partial charge in [0, 0.05) is 32.6 Å². The number of carbonyl (C=O) groups is 2. The SMILES string of the molecule is C=C(C)CN(CC)C(=O)[C@@H]1CCC(=O)N(CCc2ccc(OC)cc2)C1. The molecule has 1 saturated heterocycles. The second-order valence-electron chi connectivity index (χ2n) is 6.98. The molecule has 2 rings (SSSR count). The van der Waals surface area contributed by atoms with Gasteiger partial charge < -0.3 is 14.5 Å². The van der Waals surface area contributed by atoms with Crippen LogP contribution in [0.3, 0.4) is 0 Å². The number of amides is 2. The van der Waals surface area contributed by atoms with E-state index in [-0.39, 0.29) is 17.7 Å². The Bertz CT molecular complexity index is 639. The molecule has 0 aliphatic carbocycles. The number of nitrogens with zero attached hydrogens (tertiary/aromatic N) is 2. The Balaban J connectivity index is 1.94. The van der Waals surface area contributed by atoms with E-state index in [4.69, 9.17) is 4.74 Å². The smallest absolute Gasteiger partial charge is 0.227 e. The van der Waals surface area contributed by atoms with Gasteiger partial charge in [-0.05, 0) is 44.4 Å². The highest BCUT2D eigenvalue weighted by molar-refractivity contribution is 5.84. The topological polar surface area (TPSA) is 49.9 Å². The maximum atomic E-state index is 12.8. The number of ether oxygens (including phenoxy) is 1. The third-order valence-corrected chi connectivity index (χ3v) is 4.83. The molecule has 1 aromatic rings. The molecule has 142 valence electrons. The van der Waals surface area contributed by atoms with Crippen LogP contribution in [0, 0.1) is 5.92 Å². The Morgan fingerprint density at radius 2 is 2.04 bits per heavy atom. The zero-order valence-electron chi connectivity index (χ0n) is 16.2. The minimum absolute atomic E-state index is 0.108. The fourth-order valence-corrected chi connectivity index (χ4v) is 3.32. The van der Waals surface area contributed by atoms with Crippen LogP contribution in [0.1, 0.15) is 32.3 Å². The largest absolute Gasteiger partial charge is 0.497 e. The summed E-state index contributed by atoms with van der Waals surface area (Å²) in [5.41, 5.74) is 2.13. The zero-order valence-corrected chi connectivity index (χ0v) is 16.2. The van der Waals surface area contributed by atoms with E-state index in [2.05, 4.69) is 6.58 Å². The summed E-state index contributed by atoms with van der Waals surface area (Å²) in [5, 5.41) is 0. The van der Waals surface area contributed by atoms with E-state index in [0.29, 0.717) is 39.0 Å². The molecule has 1 aliphatic heterocycles. The Labute approximate surface area is 156 Å². The highest BCUT2D eigenvalue weighted by Crippen LogP contribution is 2.21. The quantitative estimate of drug-likeness (QED) is 0.672. The van der Waals surface area contributed by atoms with Gasteiger partial charge in [0.1, 0.15) is 5.75 Å². The molecule has 1 fully saturated rings. The van der Waals surface area contributed by atoms with Gasteiger partial charge in [0.25, 0.3) is 0 Å². The molecule has 5 heteroatoms. The van der Waals surface area contributed by atoms with Gasteiger partial charge in [-0.25, -0.2) is 0 Å². The number of piperidine rings is 1. The Kier molecular flexibility index (Phi) is 7.25. The molecule has 26 heavy (non-hydrogen) atoms. The van der Waals surface area contributed by atoms with Gasteiger partial charge in [-0.15, -0.1) is 0 Å². The van der Waals surface area contributed by atoms with Crippen molar-refractivity contribution in [3.05, 3.63) is 42.0 Å². The van der Waals surface area contributed by atoms with Gasteiger partial charge in [-0.1, -0.05) is 24.3 Å². The van der Waals surface area contributed by atoms with Gasteiger partial charge in [0.15, 0.2) is 0 Å². The number of benzene rings is 1. The number of rotatable bonds is 8. The van der Waals surface area contributed by atoms with E-state index in [9.17, 15) is 9.59 Å². The number of likely N-dealkylation sites (tertiary alicyclic amines) is 1. The molecule has 1 heterocycles. The zero-order chi connectivity index (χ0) is 19.1. The van der Waals surface area contributed by atoms with Crippen LogP contribution in [0.4, 0.5) is 0 Å². The van der Waals surface area contributed by atoms with Gasteiger partial charge in [-0.3, -0.25) is 9.59 Å². The van der Waals surface area contributed by atoms with Crippen LogP contribution in [0.5, 0.6) is 5.75 Å². The van der Waals surface area contributed by atoms with E-state index in [1.54, 1.807) is 7.11 Å². The standard InChI is InChI=1S/C21H30N2O3/c1-5-22(14-16(2)3)21(25)18-8-11-20(24)23(15-18)13-12-17-6-9-19(26-4)10-7-17/h6-7,9-10,18H,2,5,8,11-15H2,1,3-4H3/t18-/m1/s1. The molecular weight excluding hydrogens is 328 g/mol. The summed E-state index contributed by atoms with van der Waals surface area (Å²) >= 11 is 0. The molecule has 0 bridgehead atoms. The maximum absolute atomic E-state index is 12.8. The van der Waals surface area contributed by atoms with E-state index < -0.39 is 0 Å². The van der Waals surface area contributed by atoms with Crippen molar-refractivity contribution in [2.75, 3.05) is 33.3 Å². The highest BCUT2D eigenvalue weighted by Gasteiger charge is 2.32. The molecule has 0 N–H and O–H groups in total. The minimum Gasteiger partial charge on any atom is -0.497 e. The van der Waals surface area contributed by atoms with Gasteiger partial charge in [-0.2, -0.15) is 0 Å². The summed E-state index contributed by atoms with van der Waals surface area (Å²) in [6.07, 6.45) is 1.87. The number of carbonyl (C=O) groups excluding carboxylic acids is 2. The first-order chi connectivity index (χ1) is 12.4. The molecule has 2 amide bonds. The lowest BCUT2D eigenvalue weighted by Crippen LogP contribution is -2.47. The predicted octanol–water partition coefficient (Wildman–Crippen LogP) is 2.90. The Morgan fingerprint density at radius 1 is 1.35 bits per heavy atom. The van der Waals surface area contributed by atoms with Crippen LogP contribution in [0.25, 0.3) is 0 Å². The van der Waals surface area contributed by atoms with Crippen molar-refractivity contribution < 1.29 is 14.3 Å². The average Bonchev–Trinajstić information content (AvgIpc) is 2.65. The number of methoxy groups -OCH3 is 1. The lowest BCUT2D eigenvalue weighted by atomic mass is 9.95. The summed E-state index contributed by atoms with van der Waals surface area (Å²) in [7, 11) is 1.64. The van der Waals surface area contributed by atoms with Crippen molar-refractivity contribution in [2.45, 2.75) is 33.1 Å². The average molecular weight is 358 g/mol. The number of hydrogen-bond donors (Lipinski definition) is 0. The Hall–Kier alpha value is -2.30. The Morgan fingerprint density at radius 3 is 2.62 bits per heavy atom. The first kappa shape index (κ1) is 20.0. The molecule has 1 aliphatic rings. The maximum Gasteiger partial charge on any atom is 0.227 e. The summed E-state index contributed by atoms with van der Waals surface area (Å²) in [4.78, 5) is 28.7. The summed E-state index contributed by atoms with van der Waals surface area (Å²) in [6, 6.07) is 7.88. The second-order valence-corrected chi connectivity index (χ2v) is 6.98. The summed E-state index contributed by atoms with van der Waals surface area (Å²) < 4.78 is 5.17. The second kappa shape index (κ2) is 9.41. The van der Waals surface area contributed by atoms with Crippen LogP contribution in [0.2, 0.25) is 0 Å². The van der Waals surface area contributed by atoms with Crippen LogP contribution in [0.15, 0.2) is 36.4 Å². The third-order valence-electron chi connectivity index (χ3n) is 4.83. The van der Waals surface area contributed by atoms with Gasteiger partial charge >= 0.3 is 0 Å². The first-order valence-electron chi connectivity index (χ1n) is 9.28. The van der Waals surface area contributed by atoms with Crippen molar-refractivity contribution >= 4 is 11.8 Å². The molecule has 1 atom stereocenters. The van der Waals surface area contributed by atoms with E-state index >= 15 is 0 Å². The first-order valence-corrected chi connectivity index (χ1v) is 9.28. The molecule has 1 aromatic carbocycles. The normalized spacial score (nSPS) is 17.1. The van der Waals surface area contributed by atoms with Gasteiger partial charge in [0.05, 0.1) is 13.0 Å². The fraction of sp³-hybridized carbons (Fsp3) is 0.524. The van der Waals surface area contributed by atoms with Crippen molar-refractivity contribution in [1.29, 1.82) is 0 Å². The van der Waals surface area contributed by atoms with Crippen molar-refractivity contribution in [3.8, 4) is 5.75 Å². The molecule has 0 unspecified atom stereocenters. The molecule has 0 spiro atoms. The predicted molar refractivity (Wildman–Crippen MR) is 103 cm³/mol. The molecule has 0 aromatic heterocycles.